The predicted molar refractivity (Wildman–Crippen MR) is 117 cm³/mol. The standard InChI is InChI=1S/C22H33N3O4S/c1-16-11-12-19(15-20(16)30(28,29)25-13-7-3-4-8-14-25)24-22(27)21(23-17(2)26)18-9-5-6-10-18/h11-12,15,18,21H,3-10,13-14H2,1-2H3,(H,23,26)(H,24,27)/t21-/m0/s1. The van der Waals surface area contributed by atoms with E-state index in [1.165, 1.54) is 6.92 Å². The van der Waals surface area contributed by atoms with Gasteiger partial charge in [-0.2, -0.15) is 4.31 Å². The van der Waals surface area contributed by atoms with Gasteiger partial charge in [-0.05, 0) is 56.2 Å². The maximum absolute atomic E-state index is 13.2. The van der Waals surface area contributed by atoms with Crippen LogP contribution >= 0.6 is 0 Å². The summed E-state index contributed by atoms with van der Waals surface area (Å²) in [6.07, 6.45) is 7.75. The van der Waals surface area contributed by atoms with Crippen molar-refractivity contribution in [3.8, 4) is 0 Å². The molecule has 2 fully saturated rings. The molecule has 7 nitrogen and oxygen atoms in total. The maximum atomic E-state index is 13.2. The van der Waals surface area contributed by atoms with E-state index in [2.05, 4.69) is 10.6 Å². The van der Waals surface area contributed by atoms with Crippen LogP contribution in [0.15, 0.2) is 23.1 Å². The van der Waals surface area contributed by atoms with Crippen molar-refractivity contribution >= 4 is 27.5 Å². The third-order valence-electron chi connectivity index (χ3n) is 6.15. The van der Waals surface area contributed by atoms with E-state index in [0.717, 1.165) is 51.4 Å². The summed E-state index contributed by atoms with van der Waals surface area (Å²) in [5.74, 6) is -0.422. The van der Waals surface area contributed by atoms with E-state index in [-0.39, 0.29) is 22.6 Å². The number of aryl methyl sites for hydroxylation is 1. The molecule has 1 aliphatic heterocycles. The Balaban J connectivity index is 1.81. The van der Waals surface area contributed by atoms with Crippen LogP contribution in [0.2, 0.25) is 0 Å². The van der Waals surface area contributed by atoms with Gasteiger partial charge in [-0.3, -0.25) is 9.59 Å². The monoisotopic (exact) mass is 435 g/mol. The number of nitrogens with one attached hydrogen (secondary N) is 2. The van der Waals surface area contributed by atoms with Crippen LogP contribution < -0.4 is 10.6 Å². The second-order valence-electron chi connectivity index (χ2n) is 8.51. The summed E-state index contributed by atoms with van der Waals surface area (Å²) in [6, 6.07) is 4.39. The van der Waals surface area contributed by atoms with Gasteiger partial charge in [0.1, 0.15) is 6.04 Å². The van der Waals surface area contributed by atoms with Crippen molar-refractivity contribution in [1.82, 2.24) is 9.62 Å². The minimum absolute atomic E-state index is 0.111. The van der Waals surface area contributed by atoms with Gasteiger partial charge in [0.2, 0.25) is 21.8 Å². The Labute approximate surface area is 179 Å². The number of carbonyl (C=O) groups excluding carboxylic acids is 2. The van der Waals surface area contributed by atoms with E-state index in [1.54, 1.807) is 29.4 Å². The molecule has 8 heteroatoms. The summed E-state index contributed by atoms with van der Waals surface area (Å²) in [5.41, 5.74) is 1.10. The molecule has 1 atom stereocenters. The van der Waals surface area contributed by atoms with Gasteiger partial charge < -0.3 is 10.6 Å². The number of carbonyl (C=O) groups is 2. The first-order chi connectivity index (χ1) is 14.3. The molecule has 30 heavy (non-hydrogen) atoms. The molecule has 0 spiro atoms. The molecule has 1 saturated carbocycles. The number of anilines is 1. The van der Waals surface area contributed by atoms with Crippen molar-refractivity contribution in [2.24, 2.45) is 5.92 Å². The molecule has 1 aromatic rings. The fourth-order valence-corrected chi connectivity index (χ4v) is 6.27. The highest BCUT2D eigenvalue weighted by Crippen LogP contribution is 2.29. The Kier molecular flexibility index (Phi) is 7.52. The molecule has 1 heterocycles. The van der Waals surface area contributed by atoms with Crippen LogP contribution in [-0.2, 0) is 19.6 Å². The van der Waals surface area contributed by atoms with E-state index < -0.39 is 16.1 Å². The third-order valence-corrected chi connectivity index (χ3v) is 8.19. The summed E-state index contributed by atoms with van der Waals surface area (Å²) in [7, 11) is -3.62. The van der Waals surface area contributed by atoms with Crippen molar-refractivity contribution in [1.29, 1.82) is 0 Å². The van der Waals surface area contributed by atoms with Gasteiger partial charge >= 0.3 is 0 Å². The fourth-order valence-electron chi connectivity index (χ4n) is 4.50. The van der Waals surface area contributed by atoms with Crippen LogP contribution in [0.5, 0.6) is 0 Å². The smallest absolute Gasteiger partial charge is 0.247 e. The zero-order valence-electron chi connectivity index (χ0n) is 17.9. The molecule has 1 saturated heterocycles. The Morgan fingerprint density at radius 2 is 1.67 bits per heavy atom. The first kappa shape index (κ1) is 22.7. The van der Waals surface area contributed by atoms with Crippen LogP contribution in [0.25, 0.3) is 0 Å². The second kappa shape index (κ2) is 9.92. The number of hydrogen-bond donors (Lipinski definition) is 2. The van der Waals surface area contributed by atoms with Gasteiger partial charge in [0, 0.05) is 25.7 Å². The number of sulfonamides is 1. The van der Waals surface area contributed by atoms with E-state index in [4.69, 9.17) is 0 Å². The molecule has 166 valence electrons. The van der Waals surface area contributed by atoms with Crippen molar-refractivity contribution in [2.45, 2.75) is 76.2 Å². The summed E-state index contributed by atoms with van der Waals surface area (Å²) in [5, 5.41) is 5.62. The van der Waals surface area contributed by atoms with Gasteiger partial charge in [0.25, 0.3) is 0 Å². The second-order valence-corrected chi connectivity index (χ2v) is 10.4. The molecule has 0 unspecified atom stereocenters. The van der Waals surface area contributed by atoms with Gasteiger partial charge in [0.15, 0.2) is 0 Å². The predicted octanol–water partition coefficient (Wildman–Crippen LogP) is 3.19. The lowest BCUT2D eigenvalue weighted by atomic mass is 9.97. The number of rotatable bonds is 6. The fraction of sp³-hybridized carbons (Fsp3) is 0.636. The van der Waals surface area contributed by atoms with E-state index in [9.17, 15) is 18.0 Å². The van der Waals surface area contributed by atoms with Crippen molar-refractivity contribution in [2.75, 3.05) is 18.4 Å². The van der Waals surface area contributed by atoms with E-state index in [1.807, 2.05) is 0 Å². The number of amides is 2. The minimum atomic E-state index is -3.62. The van der Waals surface area contributed by atoms with Crippen LogP contribution in [0, 0.1) is 12.8 Å². The Hall–Kier alpha value is -1.93. The van der Waals surface area contributed by atoms with Gasteiger partial charge in [-0.1, -0.05) is 31.7 Å². The minimum Gasteiger partial charge on any atom is -0.344 e. The van der Waals surface area contributed by atoms with Crippen LogP contribution in [0.3, 0.4) is 0 Å². The molecule has 0 aromatic heterocycles. The highest BCUT2D eigenvalue weighted by Gasteiger charge is 2.32. The quantitative estimate of drug-likeness (QED) is 0.717. The highest BCUT2D eigenvalue weighted by molar-refractivity contribution is 7.89. The molecule has 3 rings (SSSR count). The highest BCUT2D eigenvalue weighted by atomic mass is 32.2. The Morgan fingerprint density at radius 3 is 2.27 bits per heavy atom. The molecule has 2 N–H and O–H groups in total. The lowest BCUT2D eigenvalue weighted by Crippen LogP contribution is -2.47. The van der Waals surface area contributed by atoms with Crippen LogP contribution in [-0.4, -0.2) is 43.7 Å². The van der Waals surface area contributed by atoms with Crippen LogP contribution in [0.1, 0.15) is 63.9 Å². The first-order valence-corrected chi connectivity index (χ1v) is 12.4. The van der Waals surface area contributed by atoms with Gasteiger partial charge in [-0.25, -0.2) is 8.42 Å². The molecule has 2 aliphatic rings. The Morgan fingerprint density at radius 1 is 1.03 bits per heavy atom. The summed E-state index contributed by atoms with van der Waals surface area (Å²) < 4.78 is 28.0. The molecular formula is C22H33N3O4S. The molecule has 1 aromatic carbocycles. The summed E-state index contributed by atoms with van der Waals surface area (Å²) in [4.78, 5) is 24.8. The zero-order valence-corrected chi connectivity index (χ0v) is 18.8. The average Bonchev–Trinajstić information content (AvgIpc) is 3.08. The Bertz CT molecular complexity index is 870. The van der Waals surface area contributed by atoms with Crippen molar-refractivity contribution in [3.63, 3.8) is 0 Å². The number of benzene rings is 1. The lowest BCUT2D eigenvalue weighted by Gasteiger charge is -2.24. The summed E-state index contributed by atoms with van der Waals surface area (Å²) in [6.45, 7) is 4.25. The SMILES string of the molecule is CC(=O)N[C@H](C(=O)Nc1ccc(C)c(S(=O)(=O)N2CCCCCC2)c1)C1CCCC1. The topological polar surface area (TPSA) is 95.6 Å². The largest absolute Gasteiger partial charge is 0.344 e. The van der Waals surface area contributed by atoms with Crippen LogP contribution in [0.4, 0.5) is 5.69 Å². The number of nitrogens with zero attached hydrogens (tertiary/aromatic N) is 1. The molecule has 2 amide bonds. The van der Waals surface area contributed by atoms with Crippen molar-refractivity contribution in [3.05, 3.63) is 23.8 Å². The lowest BCUT2D eigenvalue weighted by molar-refractivity contribution is -0.126. The molecule has 0 bridgehead atoms. The number of hydrogen-bond acceptors (Lipinski definition) is 4. The first-order valence-electron chi connectivity index (χ1n) is 11.0. The van der Waals surface area contributed by atoms with E-state index >= 15 is 0 Å². The third kappa shape index (κ3) is 5.40. The normalized spacial score (nSPS) is 19.8. The average molecular weight is 436 g/mol. The maximum Gasteiger partial charge on any atom is 0.247 e. The van der Waals surface area contributed by atoms with E-state index in [0.29, 0.717) is 24.3 Å². The van der Waals surface area contributed by atoms with Gasteiger partial charge in [0.05, 0.1) is 4.90 Å². The van der Waals surface area contributed by atoms with Crippen molar-refractivity contribution < 1.29 is 18.0 Å². The zero-order chi connectivity index (χ0) is 21.7. The molecule has 0 radical (unpaired) electrons. The van der Waals surface area contributed by atoms with Gasteiger partial charge in [-0.15, -0.1) is 0 Å². The molecular weight excluding hydrogens is 402 g/mol. The molecule has 1 aliphatic carbocycles. The summed E-state index contributed by atoms with van der Waals surface area (Å²) >= 11 is 0.